The summed E-state index contributed by atoms with van der Waals surface area (Å²) in [6, 6.07) is 2.63. The predicted octanol–water partition coefficient (Wildman–Crippen LogP) is 1.54. The first-order chi connectivity index (χ1) is 6.97. The Hall–Kier alpha value is -0.780. The number of methoxy groups -OCH3 is 1. The minimum atomic E-state index is -0.823. The minimum absolute atomic E-state index is 0.0181. The highest BCUT2D eigenvalue weighted by Crippen LogP contribution is 2.35. The molecule has 5 heteroatoms. The van der Waals surface area contributed by atoms with Crippen molar-refractivity contribution in [3.05, 3.63) is 22.2 Å². The first kappa shape index (κ1) is 12.3. The summed E-state index contributed by atoms with van der Waals surface area (Å²) in [4.78, 5) is 0. The molecule has 0 saturated heterocycles. The van der Waals surface area contributed by atoms with E-state index in [1.165, 1.54) is 13.2 Å². The summed E-state index contributed by atoms with van der Waals surface area (Å²) in [6.07, 6.45) is -0.823. The molecule has 1 rings (SSSR count). The van der Waals surface area contributed by atoms with Crippen LogP contribution in [0, 0.1) is 0 Å². The smallest absolute Gasteiger partial charge is 0.161 e. The number of aromatic hydroxyl groups is 1. The monoisotopic (exact) mass is 275 g/mol. The Bertz CT molecular complexity index is 355. The maximum atomic E-state index is 9.76. The van der Waals surface area contributed by atoms with E-state index in [-0.39, 0.29) is 5.75 Å². The van der Waals surface area contributed by atoms with Crippen molar-refractivity contribution in [1.29, 1.82) is 0 Å². The fourth-order valence-electron chi connectivity index (χ4n) is 1.23. The van der Waals surface area contributed by atoms with E-state index in [2.05, 4.69) is 15.9 Å². The van der Waals surface area contributed by atoms with Crippen LogP contribution in [-0.2, 0) is 0 Å². The van der Waals surface area contributed by atoms with E-state index in [1.807, 2.05) is 0 Å². The Balaban J connectivity index is 3.15. The van der Waals surface area contributed by atoms with E-state index in [4.69, 9.17) is 10.5 Å². The van der Waals surface area contributed by atoms with Gasteiger partial charge in [0, 0.05) is 16.1 Å². The van der Waals surface area contributed by atoms with Gasteiger partial charge in [0.15, 0.2) is 11.5 Å². The quantitative estimate of drug-likeness (QED) is 0.782. The molecule has 4 nitrogen and oxygen atoms in total. The molecular weight excluding hydrogens is 262 g/mol. The number of halogens is 1. The van der Waals surface area contributed by atoms with Gasteiger partial charge in [-0.1, -0.05) is 15.9 Å². The summed E-state index contributed by atoms with van der Waals surface area (Å²) in [5.41, 5.74) is 6.12. The molecule has 0 fully saturated rings. The van der Waals surface area contributed by atoms with Gasteiger partial charge in [0.2, 0.25) is 0 Å². The molecule has 15 heavy (non-hydrogen) atoms. The van der Waals surface area contributed by atoms with Gasteiger partial charge in [-0.3, -0.25) is 0 Å². The molecule has 0 heterocycles. The average Bonchev–Trinajstić information content (AvgIpc) is 2.19. The first-order valence-corrected chi connectivity index (χ1v) is 5.26. The highest BCUT2D eigenvalue weighted by Gasteiger charge is 2.18. The van der Waals surface area contributed by atoms with Crippen molar-refractivity contribution >= 4 is 15.9 Å². The maximum Gasteiger partial charge on any atom is 0.161 e. The Labute approximate surface area is 96.8 Å². The molecule has 0 saturated carbocycles. The van der Waals surface area contributed by atoms with Gasteiger partial charge in [-0.05, 0) is 19.1 Å². The van der Waals surface area contributed by atoms with Crippen LogP contribution in [0.15, 0.2) is 16.6 Å². The number of rotatable bonds is 3. The van der Waals surface area contributed by atoms with Gasteiger partial charge in [0.05, 0.1) is 13.2 Å². The average molecular weight is 276 g/mol. The summed E-state index contributed by atoms with van der Waals surface area (Å²) in [5, 5.41) is 19.3. The number of phenolic OH excluding ortho intramolecular Hbond substituents is 1. The number of nitrogens with two attached hydrogens (primary N) is 1. The second-order valence-electron chi connectivity index (χ2n) is 3.35. The predicted molar refractivity (Wildman–Crippen MR) is 61.0 cm³/mol. The van der Waals surface area contributed by atoms with Gasteiger partial charge >= 0.3 is 0 Å². The second-order valence-corrected chi connectivity index (χ2v) is 4.20. The van der Waals surface area contributed by atoms with Crippen LogP contribution in [0.1, 0.15) is 18.6 Å². The summed E-state index contributed by atoms with van der Waals surface area (Å²) in [6.45, 7) is 1.69. The van der Waals surface area contributed by atoms with Crippen LogP contribution in [0.2, 0.25) is 0 Å². The van der Waals surface area contributed by atoms with Crippen LogP contribution in [-0.4, -0.2) is 23.4 Å². The van der Waals surface area contributed by atoms with E-state index in [0.717, 1.165) is 0 Å². The van der Waals surface area contributed by atoms with Crippen molar-refractivity contribution in [2.75, 3.05) is 7.11 Å². The van der Waals surface area contributed by atoms with Crippen LogP contribution < -0.4 is 10.5 Å². The Kier molecular flexibility index (Phi) is 3.96. The van der Waals surface area contributed by atoms with Gasteiger partial charge in [0.1, 0.15) is 0 Å². The number of aliphatic hydroxyl groups excluding tert-OH is 1. The van der Waals surface area contributed by atoms with Crippen molar-refractivity contribution in [3.63, 3.8) is 0 Å². The molecule has 84 valence electrons. The molecule has 2 unspecified atom stereocenters. The highest BCUT2D eigenvalue weighted by atomic mass is 79.9. The zero-order valence-corrected chi connectivity index (χ0v) is 10.2. The molecule has 0 spiro atoms. The van der Waals surface area contributed by atoms with E-state index < -0.39 is 12.1 Å². The van der Waals surface area contributed by atoms with E-state index in [1.54, 1.807) is 13.0 Å². The van der Waals surface area contributed by atoms with Crippen molar-refractivity contribution in [2.24, 2.45) is 5.73 Å². The van der Waals surface area contributed by atoms with E-state index >= 15 is 0 Å². The number of ether oxygens (including phenoxy) is 1. The summed E-state index contributed by atoms with van der Waals surface area (Å²) in [7, 11) is 1.46. The highest BCUT2D eigenvalue weighted by molar-refractivity contribution is 9.10. The largest absolute Gasteiger partial charge is 0.504 e. The van der Waals surface area contributed by atoms with Crippen LogP contribution >= 0.6 is 15.9 Å². The number of aliphatic hydroxyl groups is 1. The number of phenols is 1. The number of hydrogen-bond donors (Lipinski definition) is 3. The minimum Gasteiger partial charge on any atom is -0.504 e. The third-order valence-corrected chi connectivity index (χ3v) is 2.80. The van der Waals surface area contributed by atoms with E-state index in [0.29, 0.717) is 15.8 Å². The molecule has 0 aliphatic heterocycles. The topological polar surface area (TPSA) is 75.7 Å². The third kappa shape index (κ3) is 2.62. The van der Waals surface area contributed by atoms with E-state index in [9.17, 15) is 10.2 Å². The zero-order chi connectivity index (χ0) is 11.6. The van der Waals surface area contributed by atoms with Crippen molar-refractivity contribution in [2.45, 2.75) is 19.1 Å². The van der Waals surface area contributed by atoms with Crippen LogP contribution in [0.25, 0.3) is 0 Å². The molecular formula is C10H14BrNO3. The maximum absolute atomic E-state index is 9.76. The Morgan fingerprint density at radius 1 is 1.47 bits per heavy atom. The standard InChI is InChI=1S/C10H14BrNO3/c1-5(12)10(14)6-3-8(13)9(15-2)4-7(6)11/h3-5,10,13-14H,12H2,1-2H3. The fraction of sp³-hybridized carbons (Fsp3) is 0.400. The lowest BCUT2D eigenvalue weighted by atomic mass is 10.0. The third-order valence-electron chi connectivity index (χ3n) is 2.11. The molecule has 0 aromatic heterocycles. The molecule has 4 N–H and O–H groups in total. The molecule has 0 aliphatic carbocycles. The molecule has 0 aliphatic rings. The Morgan fingerprint density at radius 3 is 2.53 bits per heavy atom. The number of hydrogen-bond acceptors (Lipinski definition) is 4. The lowest BCUT2D eigenvalue weighted by Crippen LogP contribution is -2.24. The van der Waals surface area contributed by atoms with Gasteiger partial charge in [-0.2, -0.15) is 0 Å². The summed E-state index contributed by atoms with van der Waals surface area (Å²) in [5.74, 6) is 0.331. The van der Waals surface area contributed by atoms with Crippen molar-refractivity contribution < 1.29 is 14.9 Å². The first-order valence-electron chi connectivity index (χ1n) is 4.47. The van der Waals surface area contributed by atoms with Gasteiger partial charge in [-0.15, -0.1) is 0 Å². The number of benzene rings is 1. The lowest BCUT2D eigenvalue weighted by molar-refractivity contribution is 0.152. The van der Waals surface area contributed by atoms with Crippen LogP contribution in [0.3, 0.4) is 0 Å². The molecule has 2 atom stereocenters. The fourth-order valence-corrected chi connectivity index (χ4v) is 1.79. The molecule has 0 radical (unpaired) electrons. The van der Waals surface area contributed by atoms with Crippen LogP contribution in [0.4, 0.5) is 0 Å². The summed E-state index contributed by atoms with van der Waals surface area (Å²) >= 11 is 3.28. The van der Waals surface area contributed by atoms with Gasteiger partial charge in [0.25, 0.3) is 0 Å². The van der Waals surface area contributed by atoms with Crippen molar-refractivity contribution in [1.82, 2.24) is 0 Å². The molecule has 1 aromatic carbocycles. The molecule has 0 bridgehead atoms. The second kappa shape index (κ2) is 4.83. The van der Waals surface area contributed by atoms with Crippen molar-refractivity contribution in [3.8, 4) is 11.5 Å². The van der Waals surface area contributed by atoms with Gasteiger partial charge in [-0.25, -0.2) is 0 Å². The lowest BCUT2D eigenvalue weighted by Gasteiger charge is -2.17. The molecule has 0 amide bonds. The zero-order valence-electron chi connectivity index (χ0n) is 8.57. The SMILES string of the molecule is COc1cc(Br)c(C(O)C(C)N)cc1O. The Morgan fingerprint density at radius 2 is 2.07 bits per heavy atom. The van der Waals surface area contributed by atoms with Gasteiger partial charge < -0.3 is 20.7 Å². The summed E-state index contributed by atoms with van der Waals surface area (Å²) < 4.78 is 5.58. The molecule has 1 aromatic rings. The normalized spacial score (nSPS) is 14.7. The van der Waals surface area contributed by atoms with Crippen LogP contribution in [0.5, 0.6) is 11.5 Å².